The first-order chi connectivity index (χ1) is 8.70. The second kappa shape index (κ2) is 5.86. The Kier molecular flexibility index (Phi) is 4.19. The van der Waals surface area contributed by atoms with Gasteiger partial charge >= 0.3 is 6.09 Å². The summed E-state index contributed by atoms with van der Waals surface area (Å²) in [5.41, 5.74) is 0. The van der Waals surface area contributed by atoms with E-state index in [9.17, 15) is 9.59 Å². The molecule has 5 nitrogen and oxygen atoms in total. The Bertz CT molecular complexity index is 419. The van der Waals surface area contributed by atoms with Crippen LogP contribution in [0.3, 0.4) is 0 Å². The second-order valence-electron chi connectivity index (χ2n) is 4.12. The zero-order chi connectivity index (χ0) is 13.0. The maximum atomic E-state index is 11.7. The molecular formula is C12H16N2O3S. The van der Waals surface area contributed by atoms with Crippen LogP contribution in [0.15, 0.2) is 17.5 Å². The van der Waals surface area contributed by atoms with Crippen LogP contribution >= 0.6 is 11.3 Å². The van der Waals surface area contributed by atoms with Crippen molar-refractivity contribution < 1.29 is 14.3 Å². The minimum Gasteiger partial charge on any atom is -0.442 e. The van der Waals surface area contributed by atoms with Crippen molar-refractivity contribution in [1.29, 1.82) is 0 Å². The standard InChI is InChI=1S/C12H16N2O3S/c1-2-4-10(15)13-7-9-8-14(12(16)17-9)11-5-3-6-18-11/h3,5-6,9H,2,4,7-8H2,1H3,(H,13,15). The Morgan fingerprint density at radius 3 is 3.17 bits per heavy atom. The molecule has 0 radical (unpaired) electrons. The van der Waals surface area contributed by atoms with Crippen LogP contribution in [0.5, 0.6) is 0 Å². The number of thiophene rings is 1. The maximum absolute atomic E-state index is 11.7. The second-order valence-corrected chi connectivity index (χ2v) is 5.05. The van der Waals surface area contributed by atoms with Gasteiger partial charge in [0.2, 0.25) is 5.91 Å². The van der Waals surface area contributed by atoms with E-state index in [1.807, 2.05) is 24.4 Å². The quantitative estimate of drug-likeness (QED) is 0.888. The highest BCUT2D eigenvalue weighted by Gasteiger charge is 2.32. The number of amides is 2. The molecule has 1 N–H and O–H groups in total. The van der Waals surface area contributed by atoms with Crippen LogP contribution in [0, 0.1) is 0 Å². The van der Waals surface area contributed by atoms with E-state index in [1.165, 1.54) is 11.3 Å². The molecule has 1 aromatic heterocycles. The summed E-state index contributed by atoms with van der Waals surface area (Å²) in [5, 5.41) is 5.57. The molecule has 0 aromatic carbocycles. The highest BCUT2D eigenvalue weighted by atomic mass is 32.1. The summed E-state index contributed by atoms with van der Waals surface area (Å²) in [7, 11) is 0. The van der Waals surface area contributed by atoms with Crippen molar-refractivity contribution in [2.45, 2.75) is 25.9 Å². The Labute approximate surface area is 110 Å². The van der Waals surface area contributed by atoms with Gasteiger partial charge in [0, 0.05) is 6.42 Å². The molecule has 1 unspecified atom stereocenters. The highest BCUT2D eigenvalue weighted by Crippen LogP contribution is 2.25. The van der Waals surface area contributed by atoms with Crippen molar-refractivity contribution in [2.24, 2.45) is 0 Å². The fourth-order valence-electron chi connectivity index (χ4n) is 1.77. The van der Waals surface area contributed by atoms with Crippen LogP contribution in [-0.2, 0) is 9.53 Å². The minimum atomic E-state index is -0.341. The SMILES string of the molecule is CCCC(=O)NCC1CN(c2cccs2)C(=O)O1. The first kappa shape index (κ1) is 12.9. The fraction of sp³-hybridized carbons (Fsp3) is 0.500. The molecule has 0 bridgehead atoms. The number of rotatable bonds is 5. The molecule has 2 heterocycles. The van der Waals surface area contributed by atoms with Crippen LogP contribution in [0.4, 0.5) is 9.80 Å². The van der Waals surface area contributed by atoms with Crippen molar-refractivity contribution in [3.05, 3.63) is 17.5 Å². The molecule has 18 heavy (non-hydrogen) atoms. The molecule has 2 amide bonds. The first-order valence-electron chi connectivity index (χ1n) is 5.99. The minimum absolute atomic E-state index is 0.00289. The van der Waals surface area contributed by atoms with Crippen molar-refractivity contribution in [2.75, 3.05) is 18.0 Å². The molecule has 1 fully saturated rings. The van der Waals surface area contributed by atoms with E-state index in [-0.39, 0.29) is 18.1 Å². The van der Waals surface area contributed by atoms with Gasteiger partial charge in [0.25, 0.3) is 0 Å². The average Bonchev–Trinajstić information content (AvgIpc) is 2.95. The van der Waals surface area contributed by atoms with Crippen molar-refractivity contribution in [3.8, 4) is 0 Å². The van der Waals surface area contributed by atoms with Crippen molar-refractivity contribution >= 4 is 28.3 Å². The third kappa shape index (κ3) is 3.01. The molecular weight excluding hydrogens is 252 g/mol. The molecule has 1 saturated heterocycles. The molecule has 0 aliphatic carbocycles. The van der Waals surface area contributed by atoms with Gasteiger partial charge in [0.1, 0.15) is 11.1 Å². The number of nitrogens with one attached hydrogen (secondary N) is 1. The van der Waals surface area contributed by atoms with E-state index in [2.05, 4.69) is 5.32 Å². The summed E-state index contributed by atoms with van der Waals surface area (Å²) in [5.74, 6) is 0.00289. The molecule has 0 spiro atoms. The molecule has 6 heteroatoms. The summed E-state index contributed by atoms with van der Waals surface area (Å²) in [6.07, 6.45) is 0.722. The third-order valence-electron chi connectivity index (χ3n) is 2.65. The van der Waals surface area contributed by atoms with Gasteiger partial charge < -0.3 is 10.1 Å². The number of cyclic esters (lactones) is 1. The van der Waals surface area contributed by atoms with E-state index < -0.39 is 0 Å². The first-order valence-corrected chi connectivity index (χ1v) is 6.87. The van der Waals surface area contributed by atoms with E-state index in [4.69, 9.17) is 4.74 Å². The van der Waals surface area contributed by atoms with Crippen LogP contribution in [0.2, 0.25) is 0 Å². The Morgan fingerprint density at radius 1 is 1.67 bits per heavy atom. The number of anilines is 1. The number of nitrogens with zero attached hydrogens (tertiary/aromatic N) is 1. The number of carbonyl (C=O) groups excluding carboxylic acids is 2. The highest BCUT2D eigenvalue weighted by molar-refractivity contribution is 7.14. The monoisotopic (exact) mass is 268 g/mol. The summed E-state index contributed by atoms with van der Waals surface area (Å²) in [4.78, 5) is 24.6. The number of carbonyl (C=O) groups is 2. The summed E-state index contributed by atoms with van der Waals surface area (Å²) < 4.78 is 5.21. The molecule has 1 aliphatic heterocycles. The molecule has 2 rings (SSSR count). The van der Waals surface area contributed by atoms with Gasteiger partial charge in [-0.3, -0.25) is 9.69 Å². The molecule has 0 saturated carbocycles. The topological polar surface area (TPSA) is 58.6 Å². The summed E-state index contributed by atoms with van der Waals surface area (Å²) in [6, 6.07) is 3.77. The lowest BCUT2D eigenvalue weighted by Crippen LogP contribution is -2.34. The smallest absolute Gasteiger partial charge is 0.415 e. The van der Waals surface area contributed by atoms with Crippen molar-refractivity contribution in [3.63, 3.8) is 0 Å². The molecule has 1 aliphatic rings. The maximum Gasteiger partial charge on any atom is 0.415 e. The Balaban J connectivity index is 1.84. The largest absolute Gasteiger partial charge is 0.442 e. The lowest BCUT2D eigenvalue weighted by molar-refractivity contribution is -0.121. The number of hydrogen-bond donors (Lipinski definition) is 1. The molecule has 1 atom stereocenters. The predicted molar refractivity (Wildman–Crippen MR) is 69.9 cm³/mol. The van der Waals surface area contributed by atoms with Gasteiger partial charge in [-0.05, 0) is 23.9 Å². The molecule has 1 aromatic rings. The summed E-state index contributed by atoms with van der Waals surface area (Å²) >= 11 is 1.50. The van der Waals surface area contributed by atoms with Crippen LogP contribution in [0.1, 0.15) is 19.8 Å². The van der Waals surface area contributed by atoms with Crippen LogP contribution in [-0.4, -0.2) is 31.2 Å². The van der Waals surface area contributed by atoms with Crippen LogP contribution < -0.4 is 10.2 Å². The Morgan fingerprint density at radius 2 is 2.50 bits per heavy atom. The van der Waals surface area contributed by atoms with Crippen LogP contribution in [0.25, 0.3) is 0 Å². The fourth-order valence-corrected chi connectivity index (χ4v) is 2.50. The number of hydrogen-bond acceptors (Lipinski definition) is 4. The lowest BCUT2D eigenvalue weighted by Gasteiger charge is -2.10. The van der Waals surface area contributed by atoms with Gasteiger partial charge in [0.05, 0.1) is 13.1 Å². The molecule has 98 valence electrons. The number of ether oxygens (including phenoxy) is 1. The zero-order valence-corrected chi connectivity index (χ0v) is 11.0. The van der Waals surface area contributed by atoms with Gasteiger partial charge in [-0.2, -0.15) is 0 Å². The van der Waals surface area contributed by atoms with Gasteiger partial charge in [-0.1, -0.05) is 6.92 Å². The third-order valence-corrected chi connectivity index (χ3v) is 3.54. The van der Waals surface area contributed by atoms with E-state index in [1.54, 1.807) is 4.90 Å². The van der Waals surface area contributed by atoms with Gasteiger partial charge in [-0.25, -0.2) is 4.79 Å². The normalized spacial score (nSPS) is 18.8. The van der Waals surface area contributed by atoms with E-state index >= 15 is 0 Å². The van der Waals surface area contributed by atoms with Gasteiger partial charge in [-0.15, -0.1) is 11.3 Å². The summed E-state index contributed by atoms with van der Waals surface area (Å²) in [6.45, 7) is 2.83. The van der Waals surface area contributed by atoms with Gasteiger partial charge in [0.15, 0.2) is 0 Å². The predicted octanol–water partition coefficient (Wildman–Crippen LogP) is 1.99. The van der Waals surface area contributed by atoms with E-state index in [0.717, 1.165) is 11.4 Å². The van der Waals surface area contributed by atoms with E-state index in [0.29, 0.717) is 19.5 Å². The Hall–Kier alpha value is -1.56. The zero-order valence-electron chi connectivity index (χ0n) is 10.2. The lowest BCUT2D eigenvalue weighted by atomic mass is 10.3. The van der Waals surface area contributed by atoms with Crippen molar-refractivity contribution in [1.82, 2.24) is 5.32 Å². The average molecular weight is 268 g/mol.